The number of fused-ring (bicyclic) bond motifs is 1. The summed E-state index contributed by atoms with van der Waals surface area (Å²) < 4.78 is 11.2. The number of hydrogen-bond acceptors (Lipinski definition) is 6. The van der Waals surface area contributed by atoms with Crippen LogP contribution < -0.4 is 0 Å². The van der Waals surface area contributed by atoms with E-state index in [1.165, 1.54) is 0 Å². The molecule has 0 amide bonds. The molecule has 25 heavy (non-hydrogen) atoms. The molecule has 132 valence electrons. The quantitative estimate of drug-likeness (QED) is 0.841. The van der Waals surface area contributed by atoms with Gasteiger partial charge >= 0.3 is 0 Å². The fraction of sp³-hybridized carbons (Fsp3) is 0.474. The molecule has 3 rings (SSSR count). The molecule has 0 saturated carbocycles. The molecule has 0 aliphatic carbocycles. The van der Waals surface area contributed by atoms with Crippen molar-refractivity contribution in [3.63, 3.8) is 0 Å². The second-order valence-electron chi connectivity index (χ2n) is 6.70. The normalized spacial score (nSPS) is 23.4. The van der Waals surface area contributed by atoms with Gasteiger partial charge in [-0.05, 0) is 31.9 Å². The number of rotatable bonds is 2. The first-order valence-corrected chi connectivity index (χ1v) is 8.40. The Kier molecular flexibility index (Phi) is 4.45. The zero-order chi connectivity index (χ0) is 18.2. The van der Waals surface area contributed by atoms with Crippen molar-refractivity contribution >= 4 is 22.8 Å². The number of nitrogens with zero attached hydrogens (tertiary/aromatic N) is 4. The summed E-state index contributed by atoms with van der Waals surface area (Å²) in [6, 6.07) is 7.63. The van der Waals surface area contributed by atoms with Crippen molar-refractivity contribution < 1.29 is 9.47 Å². The van der Waals surface area contributed by atoms with Crippen LogP contribution in [0.4, 0.5) is 0 Å². The highest BCUT2D eigenvalue weighted by molar-refractivity contribution is 5.97. The topological polar surface area (TPSA) is 69.0 Å². The molecule has 1 aliphatic rings. The van der Waals surface area contributed by atoms with Crippen LogP contribution in [0.1, 0.15) is 32.2 Å². The van der Waals surface area contributed by atoms with Gasteiger partial charge < -0.3 is 9.47 Å². The maximum atomic E-state index is 5.62. The SMILES string of the molecule is COC1=NC(C)(c2nc3ccccc3nc2C)C(OC)=N[C@@H]1C(C)C. The molecule has 2 atom stereocenters. The lowest BCUT2D eigenvalue weighted by molar-refractivity contribution is 0.310. The van der Waals surface area contributed by atoms with E-state index in [1.807, 2.05) is 38.1 Å². The van der Waals surface area contributed by atoms with E-state index >= 15 is 0 Å². The zero-order valence-electron chi connectivity index (χ0n) is 15.6. The van der Waals surface area contributed by atoms with E-state index in [2.05, 4.69) is 18.8 Å². The van der Waals surface area contributed by atoms with Crippen LogP contribution in [0.5, 0.6) is 0 Å². The van der Waals surface area contributed by atoms with E-state index in [0.717, 1.165) is 22.4 Å². The molecular formula is C19H24N4O2. The van der Waals surface area contributed by atoms with Crippen LogP contribution in [-0.2, 0) is 15.0 Å². The van der Waals surface area contributed by atoms with Gasteiger partial charge in [-0.3, -0.25) is 0 Å². The van der Waals surface area contributed by atoms with Crippen molar-refractivity contribution in [1.29, 1.82) is 0 Å². The summed E-state index contributed by atoms with van der Waals surface area (Å²) in [5, 5.41) is 0. The van der Waals surface area contributed by atoms with Crippen molar-refractivity contribution in [2.24, 2.45) is 15.9 Å². The summed E-state index contributed by atoms with van der Waals surface area (Å²) in [7, 11) is 3.24. The lowest BCUT2D eigenvalue weighted by Crippen LogP contribution is -2.43. The van der Waals surface area contributed by atoms with Crippen LogP contribution >= 0.6 is 0 Å². The Balaban J connectivity index is 2.21. The summed E-state index contributed by atoms with van der Waals surface area (Å²) in [4.78, 5) is 19.1. The fourth-order valence-corrected chi connectivity index (χ4v) is 3.20. The van der Waals surface area contributed by atoms with Gasteiger partial charge in [-0.2, -0.15) is 0 Å². The van der Waals surface area contributed by atoms with Gasteiger partial charge in [0.1, 0.15) is 6.04 Å². The van der Waals surface area contributed by atoms with Crippen molar-refractivity contribution in [2.75, 3.05) is 14.2 Å². The number of aromatic nitrogens is 2. The van der Waals surface area contributed by atoms with Crippen LogP contribution in [0.3, 0.4) is 0 Å². The highest BCUT2D eigenvalue weighted by Gasteiger charge is 2.43. The predicted molar refractivity (Wildman–Crippen MR) is 99.1 cm³/mol. The number of para-hydroxylation sites is 2. The Morgan fingerprint density at radius 1 is 1.04 bits per heavy atom. The smallest absolute Gasteiger partial charge is 0.218 e. The number of benzene rings is 1. The Labute approximate surface area is 148 Å². The third-order valence-corrected chi connectivity index (χ3v) is 4.50. The minimum absolute atomic E-state index is 0.165. The zero-order valence-corrected chi connectivity index (χ0v) is 15.6. The molecule has 0 saturated heterocycles. The second-order valence-corrected chi connectivity index (χ2v) is 6.70. The van der Waals surface area contributed by atoms with Gasteiger partial charge in [0, 0.05) is 0 Å². The molecule has 6 heteroatoms. The van der Waals surface area contributed by atoms with Gasteiger partial charge in [0.25, 0.3) is 0 Å². The number of methoxy groups -OCH3 is 2. The van der Waals surface area contributed by atoms with E-state index in [4.69, 9.17) is 24.4 Å². The van der Waals surface area contributed by atoms with Crippen molar-refractivity contribution in [3.8, 4) is 0 Å². The first kappa shape index (κ1) is 17.3. The van der Waals surface area contributed by atoms with E-state index in [0.29, 0.717) is 11.8 Å². The van der Waals surface area contributed by atoms with Crippen molar-refractivity contribution in [3.05, 3.63) is 35.7 Å². The molecule has 0 radical (unpaired) electrons. The van der Waals surface area contributed by atoms with Gasteiger partial charge in [0.15, 0.2) is 5.54 Å². The molecule has 0 fully saturated rings. The number of aryl methyl sites for hydroxylation is 1. The molecule has 0 bridgehead atoms. The largest absolute Gasteiger partial charge is 0.483 e. The van der Waals surface area contributed by atoms with Gasteiger partial charge in [0.05, 0.1) is 36.6 Å². The Bertz CT molecular complexity index is 860. The van der Waals surface area contributed by atoms with E-state index in [9.17, 15) is 0 Å². The summed E-state index contributed by atoms with van der Waals surface area (Å²) in [6.07, 6.45) is 0. The number of ether oxygens (including phenoxy) is 2. The third-order valence-electron chi connectivity index (χ3n) is 4.50. The first-order valence-electron chi connectivity index (χ1n) is 8.40. The molecule has 1 aromatic heterocycles. The predicted octanol–water partition coefficient (Wildman–Crippen LogP) is 3.28. The standard InChI is InChI=1S/C19H24N4O2/c1-11(2)15-17(24-5)23-19(4,18(22-15)25-6)16-12(3)20-13-9-7-8-10-14(13)21-16/h7-11,15H,1-6H3/t15-,19?/m1/s1. The lowest BCUT2D eigenvalue weighted by Gasteiger charge is -2.33. The molecule has 1 aromatic carbocycles. The van der Waals surface area contributed by atoms with E-state index < -0.39 is 5.54 Å². The number of hydrogen-bond donors (Lipinski definition) is 0. The second kappa shape index (κ2) is 6.43. The average Bonchev–Trinajstić information content (AvgIpc) is 2.60. The molecule has 1 aliphatic heterocycles. The van der Waals surface area contributed by atoms with Gasteiger partial charge in [-0.15, -0.1) is 0 Å². The van der Waals surface area contributed by atoms with Crippen LogP contribution in [-0.4, -0.2) is 42.0 Å². The monoisotopic (exact) mass is 340 g/mol. The van der Waals surface area contributed by atoms with Crippen molar-refractivity contribution in [1.82, 2.24) is 9.97 Å². The molecule has 0 spiro atoms. The summed E-state index contributed by atoms with van der Waals surface area (Å²) in [5.41, 5.74) is 2.33. The molecule has 2 heterocycles. The maximum absolute atomic E-state index is 5.62. The Morgan fingerprint density at radius 3 is 2.24 bits per heavy atom. The van der Waals surface area contributed by atoms with Gasteiger partial charge in [0.2, 0.25) is 11.8 Å². The fourth-order valence-electron chi connectivity index (χ4n) is 3.20. The summed E-state index contributed by atoms with van der Waals surface area (Å²) in [6.45, 7) is 8.04. The van der Waals surface area contributed by atoms with Gasteiger partial charge in [-0.25, -0.2) is 20.0 Å². The average molecular weight is 340 g/mol. The van der Waals surface area contributed by atoms with E-state index in [-0.39, 0.29) is 12.0 Å². The highest BCUT2D eigenvalue weighted by atomic mass is 16.5. The first-order chi connectivity index (χ1) is 11.9. The molecule has 0 N–H and O–H groups in total. The van der Waals surface area contributed by atoms with Crippen LogP contribution in [0.2, 0.25) is 0 Å². The maximum Gasteiger partial charge on any atom is 0.218 e. The molecule has 1 unspecified atom stereocenters. The van der Waals surface area contributed by atoms with Crippen LogP contribution in [0.15, 0.2) is 34.3 Å². The third kappa shape index (κ3) is 2.86. The molecule has 2 aromatic rings. The van der Waals surface area contributed by atoms with Crippen molar-refractivity contribution in [2.45, 2.75) is 39.3 Å². The lowest BCUT2D eigenvalue weighted by atomic mass is 9.92. The van der Waals surface area contributed by atoms with Gasteiger partial charge in [-0.1, -0.05) is 26.0 Å². The van der Waals surface area contributed by atoms with Crippen LogP contribution in [0.25, 0.3) is 11.0 Å². The molecular weight excluding hydrogens is 316 g/mol. The highest BCUT2D eigenvalue weighted by Crippen LogP contribution is 2.34. The van der Waals surface area contributed by atoms with Crippen LogP contribution in [0, 0.1) is 12.8 Å². The van der Waals surface area contributed by atoms with E-state index in [1.54, 1.807) is 14.2 Å². The summed E-state index contributed by atoms with van der Waals surface area (Å²) in [5.74, 6) is 1.37. The minimum atomic E-state index is -0.868. The Morgan fingerprint density at radius 2 is 1.68 bits per heavy atom. The number of aliphatic imine (C=N–C) groups is 2. The Hall–Kier alpha value is -2.50. The minimum Gasteiger partial charge on any atom is -0.483 e. The summed E-state index contributed by atoms with van der Waals surface area (Å²) >= 11 is 0. The molecule has 6 nitrogen and oxygen atoms in total.